The molecule has 0 amide bonds. The van der Waals surface area contributed by atoms with Crippen LogP contribution in [0.2, 0.25) is 0 Å². The molecule has 4 heteroatoms. The zero-order valence-electron chi connectivity index (χ0n) is 11.3. The van der Waals surface area contributed by atoms with Gasteiger partial charge in [0.05, 0.1) is 24.4 Å². The number of esters is 1. The smallest absolute Gasteiger partial charge is 0.341 e. The quantitative estimate of drug-likeness (QED) is 0.771. The average Bonchev–Trinajstić information content (AvgIpc) is 2.89. The second-order valence-electron chi connectivity index (χ2n) is 5.01. The standard InChI is InChI=1S/C14H22N2O2/c1-3-11-5-7-13(8-6-11)16-10-12(9-15-16)14(17)18-4-2/h9-11,13H,3-8H2,1-2H3. The van der Waals surface area contributed by atoms with Gasteiger partial charge in [0.15, 0.2) is 0 Å². The van der Waals surface area contributed by atoms with Gasteiger partial charge in [0.2, 0.25) is 0 Å². The van der Waals surface area contributed by atoms with Crippen LogP contribution in [0.15, 0.2) is 12.4 Å². The van der Waals surface area contributed by atoms with Gasteiger partial charge >= 0.3 is 5.97 Å². The fourth-order valence-corrected chi connectivity index (χ4v) is 2.68. The molecule has 0 spiro atoms. The van der Waals surface area contributed by atoms with Gasteiger partial charge in [-0.05, 0) is 38.5 Å². The van der Waals surface area contributed by atoms with Crippen LogP contribution < -0.4 is 0 Å². The average molecular weight is 250 g/mol. The predicted octanol–water partition coefficient (Wildman–Crippen LogP) is 3.20. The summed E-state index contributed by atoms with van der Waals surface area (Å²) in [5.41, 5.74) is 0.564. The Bertz CT molecular complexity index is 392. The topological polar surface area (TPSA) is 44.1 Å². The highest BCUT2D eigenvalue weighted by Crippen LogP contribution is 2.33. The molecule has 1 aliphatic carbocycles. The van der Waals surface area contributed by atoms with Gasteiger partial charge in [-0.15, -0.1) is 0 Å². The summed E-state index contributed by atoms with van der Waals surface area (Å²) in [5.74, 6) is 0.604. The van der Waals surface area contributed by atoms with Crippen molar-refractivity contribution in [3.63, 3.8) is 0 Å². The second-order valence-corrected chi connectivity index (χ2v) is 5.01. The minimum absolute atomic E-state index is 0.272. The number of ether oxygens (including phenoxy) is 1. The molecule has 0 N–H and O–H groups in total. The van der Waals surface area contributed by atoms with Gasteiger partial charge in [0.1, 0.15) is 0 Å². The summed E-state index contributed by atoms with van der Waals surface area (Å²) < 4.78 is 6.91. The Morgan fingerprint density at radius 1 is 1.39 bits per heavy atom. The third-order valence-corrected chi connectivity index (χ3v) is 3.88. The van der Waals surface area contributed by atoms with Crippen LogP contribution in [0.3, 0.4) is 0 Å². The third kappa shape index (κ3) is 2.92. The number of hydrogen-bond acceptors (Lipinski definition) is 3. The van der Waals surface area contributed by atoms with Gasteiger partial charge in [-0.3, -0.25) is 4.68 Å². The highest BCUT2D eigenvalue weighted by atomic mass is 16.5. The first-order valence-electron chi connectivity index (χ1n) is 6.95. The highest BCUT2D eigenvalue weighted by molar-refractivity contribution is 5.88. The van der Waals surface area contributed by atoms with Crippen molar-refractivity contribution >= 4 is 5.97 Å². The van der Waals surface area contributed by atoms with Gasteiger partial charge < -0.3 is 4.74 Å². The molecule has 2 rings (SSSR count). The normalized spacial score (nSPS) is 23.9. The summed E-state index contributed by atoms with van der Waals surface area (Å²) in [5, 5.41) is 4.31. The lowest BCUT2D eigenvalue weighted by molar-refractivity contribution is 0.0526. The van der Waals surface area contributed by atoms with E-state index in [1.165, 1.54) is 32.1 Å². The maximum atomic E-state index is 11.6. The molecule has 1 aliphatic rings. The number of carbonyl (C=O) groups is 1. The molecule has 18 heavy (non-hydrogen) atoms. The Balaban J connectivity index is 1.96. The molecule has 0 aromatic carbocycles. The van der Waals surface area contributed by atoms with Crippen molar-refractivity contribution < 1.29 is 9.53 Å². The number of carbonyl (C=O) groups excluding carboxylic acids is 1. The van der Waals surface area contributed by atoms with E-state index in [-0.39, 0.29) is 5.97 Å². The molecule has 0 saturated heterocycles. The SMILES string of the molecule is CCOC(=O)c1cnn(C2CCC(CC)CC2)c1. The van der Waals surface area contributed by atoms with E-state index in [1.54, 1.807) is 6.20 Å². The van der Waals surface area contributed by atoms with Crippen molar-refractivity contribution in [1.29, 1.82) is 0 Å². The summed E-state index contributed by atoms with van der Waals surface area (Å²) in [6.07, 6.45) is 9.61. The van der Waals surface area contributed by atoms with Crippen molar-refractivity contribution in [2.75, 3.05) is 6.61 Å². The lowest BCUT2D eigenvalue weighted by Crippen LogP contribution is -2.18. The van der Waals surface area contributed by atoms with Crippen LogP contribution in [0, 0.1) is 5.92 Å². The van der Waals surface area contributed by atoms with Gasteiger partial charge in [-0.2, -0.15) is 5.10 Å². The third-order valence-electron chi connectivity index (χ3n) is 3.88. The zero-order valence-corrected chi connectivity index (χ0v) is 11.3. The Morgan fingerprint density at radius 3 is 2.72 bits per heavy atom. The predicted molar refractivity (Wildman–Crippen MR) is 69.5 cm³/mol. The molecular weight excluding hydrogens is 228 g/mol. The first-order valence-corrected chi connectivity index (χ1v) is 6.95. The first-order chi connectivity index (χ1) is 8.74. The van der Waals surface area contributed by atoms with E-state index < -0.39 is 0 Å². The van der Waals surface area contributed by atoms with Gasteiger partial charge in [0.25, 0.3) is 0 Å². The molecule has 1 heterocycles. The van der Waals surface area contributed by atoms with Gasteiger partial charge in [-0.1, -0.05) is 13.3 Å². The van der Waals surface area contributed by atoms with Gasteiger partial charge in [0, 0.05) is 6.20 Å². The van der Waals surface area contributed by atoms with Crippen LogP contribution in [0.25, 0.3) is 0 Å². The summed E-state index contributed by atoms with van der Waals surface area (Å²) in [4.78, 5) is 11.6. The molecule has 0 bridgehead atoms. The van der Waals surface area contributed by atoms with E-state index in [4.69, 9.17) is 4.74 Å². The summed E-state index contributed by atoms with van der Waals surface area (Å²) in [6.45, 7) is 4.48. The molecule has 4 nitrogen and oxygen atoms in total. The number of hydrogen-bond donors (Lipinski definition) is 0. The fourth-order valence-electron chi connectivity index (χ4n) is 2.68. The van der Waals surface area contributed by atoms with E-state index in [2.05, 4.69) is 12.0 Å². The molecule has 1 saturated carbocycles. The van der Waals surface area contributed by atoms with Crippen molar-refractivity contribution in [3.8, 4) is 0 Å². The van der Waals surface area contributed by atoms with Crippen molar-refractivity contribution in [2.24, 2.45) is 5.92 Å². The van der Waals surface area contributed by atoms with Crippen molar-refractivity contribution in [1.82, 2.24) is 9.78 Å². The Labute approximate surface area is 108 Å². The van der Waals surface area contributed by atoms with Crippen LogP contribution >= 0.6 is 0 Å². The second kappa shape index (κ2) is 6.03. The molecule has 1 aromatic heterocycles. The summed E-state index contributed by atoms with van der Waals surface area (Å²) in [6, 6.07) is 0.455. The Morgan fingerprint density at radius 2 is 2.11 bits per heavy atom. The summed E-state index contributed by atoms with van der Waals surface area (Å²) in [7, 11) is 0. The first kappa shape index (κ1) is 13.1. The number of aromatic nitrogens is 2. The lowest BCUT2D eigenvalue weighted by Gasteiger charge is -2.27. The minimum Gasteiger partial charge on any atom is -0.462 e. The number of nitrogens with zero attached hydrogens (tertiary/aromatic N) is 2. The molecule has 100 valence electrons. The molecule has 0 atom stereocenters. The summed E-state index contributed by atoms with van der Waals surface area (Å²) >= 11 is 0. The van der Waals surface area contributed by atoms with E-state index in [0.717, 1.165) is 5.92 Å². The molecule has 1 aromatic rings. The maximum absolute atomic E-state index is 11.6. The van der Waals surface area contributed by atoms with Crippen LogP contribution in [0.5, 0.6) is 0 Å². The fraction of sp³-hybridized carbons (Fsp3) is 0.714. The number of rotatable bonds is 4. The van der Waals surface area contributed by atoms with Crippen LogP contribution in [-0.2, 0) is 4.74 Å². The van der Waals surface area contributed by atoms with Crippen LogP contribution in [-0.4, -0.2) is 22.4 Å². The van der Waals surface area contributed by atoms with E-state index in [9.17, 15) is 4.79 Å². The molecular formula is C14H22N2O2. The largest absolute Gasteiger partial charge is 0.462 e. The zero-order chi connectivity index (χ0) is 13.0. The monoisotopic (exact) mass is 250 g/mol. The van der Waals surface area contributed by atoms with Crippen molar-refractivity contribution in [3.05, 3.63) is 18.0 Å². The molecule has 1 fully saturated rings. The van der Waals surface area contributed by atoms with E-state index in [1.807, 2.05) is 17.8 Å². The lowest BCUT2D eigenvalue weighted by atomic mass is 9.85. The van der Waals surface area contributed by atoms with Crippen molar-refractivity contribution in [2.45, 2.75) is 52.0 Å². The Kier molecular flexibility index (Phi) is 4.39. The Hall–Kier alpha value is -1.32. The van der Waals surface area contributed by atoms with E-state index in [0.29, 0.717) is 18.2 Å². The van der Waals surface area contributed by atoms with Crippen LogP contribution in [0.1, 0.15) is 62.4 Å². The molecule has 0 unspecified atom stereocenters. The maximum Gasteiger partial charge on any atom is 0.341 e. The van der Waals surface area contributed by atoms with Gasteiger partial charge in [-0.25, -0.2) is 4.79 Å². The van der Waals surface area contributed by atoms with Crippen LogP contribution in [0.4, 0.5) is 0 Å². The minimum atomic E-state index is -0.272. The molecule has 0 aliphatic heterocycles. The van der Waals surface area contributed by atoms with E-state index >= 15 is 0 Å². The molecule has 0 radical (unpaired) electrons. The highest BCUT2D eigenvalue weighted by Gasteiger charge is 2.22.